The van der Waals surface area contributed by atoms with Crippen LogP contribution in [0, 0.1) is 0 Å². The van der Waals surface area contributed by atoms with Crippen LogP contribution in [0.2, 0.25) is 0 Å². The van der Waals surface area contributed by atoms with Gasteiger partial charge in [0.15, 0.2) is 0 Å². The smallest absolute Gasteiger partial charge is 0.252 e. The normalized spacial score (nSPS) is 18.7. The topological polar surface area (TPSA) is 32.3 Å². The minimum absolute atomic E-state index is 0.111. The Labute approximate surface area is 154 Å². The monoisotopic (exact) mass is 354 g/mol. The van der Waals surface area contributed by atoms with Crippen molar-refractivity contribution in [3.8, 4) is 0 Å². The number of carbonyl (C=O) groups is 1. The lowest BCUT2D eigenvalue weighted by Crippen LogP contribution is -2.37. The summed E-state index contributed by atoms with van der Waals surface area (Å²) >= 11 is 1.77. The van der Waals surface area contributed by atoms with E-state index < -0.39 is 0 Å². The Morgan fingerprint density at radius 1 is 1.08 bits per heavy atom. The Hall–Kier alpha value is -1.65. The van der Waals surface area contributed by atoms with Gasteiger partial charge in [-0.3, -0.25) is 9.69 Å². The molecule has 2 aliphatic rings. The fourth-order valence-corrected chi connectivity index (χ4v) is 5.28. The lowest BCUT2D eigenvalue weighted by molar-refractivity contribution is 0.0937. The fraction of sp³-hybridized carbons (Fsp3) is 0.476. The third kappa shape index (κ3) is 3.65. The Balaban J connectivity index is 1.47. The Morgan fingerprint density at radius 2 is 1.84 bits per heavy atom. The molecule has 0 unspecified atom stereocenters. The fourth-order valence-electron chi connectivity index (χ4n) is 4.16. The second kappa shape index (κ2) is 7.71. The number of fused-ring (bicyclic) bond motifs is 1. The predicted octanol–water partition coefficient (Wildman–Crippen LogP) is 4.19. The number of aryl methyl sites for hydroxylation is 1. The molecule has 1 aromatic carbocycles. The van der Waals surface area contributed by atoms with Crippen molar-refractivity contribution >= 4 is 17.2 Å². The summed E-state index contributed by atoms with van der Waals surface area (Å²) in [6.45, 7) is 2.94. The van der Waals surface area contributed by atoms with Crippen LogP contribution in [0.1, 0.15) is 58.1 Å². The van der Waals surface area contributed by atoms with Crippen molar-refractivity contribution < 1.29 is 4.79 Å². The maximum absolute atomic E-state index is 12.8. The zero-order valence-corrected chi connectivity index (χ0v) is 15.5. The summed E-state index contributed by atoms with van der Waals surface area (Å²) < 4.78 is 0. The standard InChI is InChI=1S/C21H26N2OS/c24-21(18-15-25-20-11-5-4-10-17(18)20)22-14-19(23-12-6-7-13-23)16-8-2-1-3-9-16/h1-3,8-9,15,19H,4-7,10-14H2,(H,22,24)/t19-/m0/s1. The summed E-state index contributed by atoms with van der Waals surface area (Å²) in [5.41, 5.74) is 3.54. The Morgan fingerprint density at radius 3 is 2.64 bits per heavy atom. The molecule has 1 N–H and O–H groups in total. The van der Waals surface area contributed by atoms with E-state index in [1.54, 1.807) is 11.3 Å². The van der Waals surface area contributed by atoms with Crippen LogP contribution in [0.25, 0.3) is 0 Å². The molecule has 1 aliphatic heterocycles. The van der Waals surface area contributed by atoms with Crippen LogP contribution >= 0.6 is 11.3 Å². The molecule has 1 atom stereocenters. The van der Waals surface area contributed by atoms with E-state index in [0.717, 1.165) is 31.5 Å². The molecule has 4 heteroatoms. The molecule has 132 valence electrons. The number of carbonyl (C=O) groups excluding carboxylic acids is 1. The summed E-state index contributed by atoms with van der Waals surface area (Å²) in [5, 5.41) is 5.30. The van der Waals surface area contributed by atoms with E-state index >= 15 is 0 Å². The van der Waals surface area contributed by atoms with Gasteiger partial charge in [0.05, 0.1) is 11.6 Å². The zero-order valence-electron chi connectivity index (χ0n) is 14.7. The van der Waals surface area contributed by atoms with E-state index in [0.29, 0.717) is 6.54 Å². The summed E-state index contributed by atoms with van der Waals surface area (Å²) in [6, 6.07) is 10.9. The molecule has 0 spiro atoms. The maximum atomic E-state index is 12.8. The molecular weight excluding hydrogens is 328 g/mol. The van der Waals surface area contributed by atoms with Crippen LogP contribution in [0.15, 0.2) is 35.7 Å². The number of rotatable bonds is 5. The molecule has 1 amide bonds. The molecule has 2 heterocycles. The minimum Gasteiger partial charge on any atom is -0.350 e. The number of hydrogen-bond acceptors (Lipinski definition) is 3. The van der Waals surface area contributed by atoms with Crippen molar-refractivity contribution in [3.05, 3.63) is 57.3 Å². The van der Waals surface area contributed by atoms with Gasteiger partial charge in [0, 0.05) is 16.8 Å². The minimum atomic E-state index is 0.111. The summed E-state index contributed by atoms with van der Waals surface area (Å²) in [6.07, 6.45) is 7.21. The highest BCUT2D eigenvalue weighted by atomic mass is 32.1. The highest BCUT2D eigenvalue weighted by Gasteiger charge is 2.25. The quantitative estimate of drug-likeness (QED) is 0.873. The molecule has 3 nitrogen and oxygen atoms in total. The average molecular weight is 355 g/mol. The number of amides is 1. The van der Waals surface area contributed by atoms with Gasteiger partial charge in [-0.05, 0) is 62.7 Å². The second-order valence-corrected chi connectivity index (χ2v) is 8.10. The average Bonchev–Trinajstić information content (AvgIpc) is 3.32. The summed E-state index contributed by atoms with van der Waals surface area (Å²) in [7, 11) is 0. The van der Waals surface area contributed by atoms with Crippen molar-refractivity contribution in [1.29, 1.82) is 0 Å². The van der Waals surface area contributed by atoms with Crippen molar-refractivity contribution in [2.75, 3.05) is 19.6 Å². The van der Waals surface area contributed by atoms with Gasteiger partial charge in [0.25, 0.3) is 5.91 Å². The summed E-state index contributed by atoms with van der Waals surface area (Å²) in [4.78, 5) is 16.7. The number of hydrogen-bond donors (Lipinski definition) is 1. The Bertz CT molecular complexity index is 719. The van der Waals surface area contributed by atoms with E-state index in [-0.39, 0.29) is 11.9 Å². The van der Waals surface area contributed by atoms with E-state index in [4.69, 9.17) is 0 Å². The van der Waals surface area contributed by atoms with E-state index in [1.165, 1.54) is 41.7 Å². The molecule has 1 aliphatic carbocycles. The van der Waals surface area contributed by atoms with Gasteiger partial charge in [-0.15, -0.1) is 11.3 Å². The van der Waals surface area contributed by atoms with Gasteiger partial charge >= 0.3 is 0 Å². The number of thiophene rings is 1. The Kier molecular flexibility index (Phi) is 5.18. The largest absolute Gasteiger partial charge is 0.350 e. The highest BCUT2D eigenvalue weighted by molar-refractivity contribution is 7.10. The van der Waals surface area contributed by atoms with Gasteiger partial charge in [0.1, 0.15) is 0 Å². The van der Waals surface area contributed by atoms with Crippen molar-refractivity contribution in [1.82, 2.24) is 10.2 Å². The number of likely N-dealkylation sites (tertiary alicyclic amines) is 1. The molecule has 25 heavy (non-hydrogen) atoms. The lowest BCUT2D eigenvalue weighted by atomic mass is 9.95. The van der Waals surface area contributed by atoms with Crippen molar-refractivity contribution in [3.63, 3.8) is 0 Å². The van der Waals surface area contributed by atoms with Crippen LogP contribution in [0.3, 0.4) is 0 Å². The first-order chi connectivity index (χ1) is 12.3. The third-order valence-electron chi connectivity index (χ3n) is 5.53. The molecule has 4 rings (SSSR count). The first kappa shape index (κ1) is 16.8. The van der Waals surface area contributed by atoms with Gasteiger partial charge < -0.3 is 5.32 Å². The highest BCUT2D eigenvalue weighted by Crippen LogP contribution is 2.30. The van der Waals surface area contributed by atoms with Crippen molar-refractivity contribution in [2.45, 2.75) is 44.6 Å². The summed E-state index contributed by atoms with van der Waals surface area (Å²) in [5.74, 6) is 0.111. The molecule has 1 saturated heterocycles. The first-order valence-corrected chi connectivity index (χ1v) is 10.4. The molecule has 0 radical (unpaired) electrons. The third-order valence-corrected chi connectivity index (χ3v) is 6.62. The van der Waals surface area contributed by atoms with Crippen LogP contribution in [0.4, 0.5) is 0 Å². The van der Waals surface area contributed by atoms with Gasteiger partial charge in [-0.2, -0.15) is 0 Å². The molecule has 0 saturated carbocycles. The van der Waals surface area contributed by atoms with Crippen LogP contribution in [0.5, 0.6) is 0 Å². The van der Waals surface area contributed by atoms with Crippen LogP contribution in [-0.2, 0) is 12.8 Å². The van der Waals surface area contributed by atoms with Crippen LogP contribution < -0.4 is 5.32 Å². The van der Waals surface area contributed by atoms with Gasteiger partial charge in [0.2, 0.25) is 0 Å². The first-order valence-electron chi connectivity index (χ1n) is 9.49. The number of nitrogens with one attached hydrogen (secondary N) is 1. The molecule has 1 aromatic heterocycles. The predicted molar refractivity (Wildman–Crippen MR) is 103 cm³/mol. The van der Waals surface area contributed by atoms with Gasteiger partial charge in [-0.1, -0.05) is 30.3 Å². The SMILES string of the molecule is O=C(NC[C@@H](c1ccccc1)N1CCCC1)c1csc2c1CCCC2. The van der Waals surface area contributed by atoms with Gasteiger partial charge in [-0.25, -0.2) is 0 Å². The lowest BCUT2D eigenvalue weighted by Gasteiger charge is -2.28. The van der Waals surface area contributed by atoms with Crippen LogP contribution in [-0.4, -0.2) is 30.4 Å². The maximum Gasteiger partial charge on any atom is 0.252 e. The van der Waals surface area contributed by atoms with E-state index in [1.807, 2.05) is 0 Å². The molecule has 2 aromatic rings. The number of benzene rings is 1. The molecular formula is C21H26N2OS. The molecule has 1 fully saturated rings. The second-order valence-electron chi connectivity index (χ2n) is 7.14. The van der Waals surface area contributed by atoms with Crippen molar-refractivity contribution in [2.24, 2.45) is 0 Å². The van der Waals surface area contributed by atoms with E-state index in [9.17, 15) is 4.79 Å². The zero-order chi connectivity index (χ0) is 17.1. The van der Waals surface area contributed by atoms with E-state index in [2.05, 4.69) is 45.9 Å². The number of nitrogens with zero attached hydrogens (tertiary/aromatic N) is 1. The molecule has 0 bridgehead atoms.